The molecule has 5 rings (SSSR count). The van der Waals surface area contributed by atoms with Gasteiger partial charge >= 0.3 is 0 Å². The first-order valence-corrected chi connectivity index (χ1v) is 11.4. The number of rotatable bonds is 4. The van der Waals surface area contributed by atoms with Crippen LogP contribution in [0, 0.1) is 5.82 Å². The number of pyridine rings is 1. The number of hydrogen-bond donors (Lipinski definition) is 1. The number of nitrogens with one attached hydrogen (secondary N) is 1. The van der Waals surface area contributed by atoms with E-state index in [0.717, 1.165) is 0 Å². The minimum absolute atomic E-state index is 0.260. The summed E-state index contributed by atoms with van der Waals surface area (Å²) in [7, 11) is -1.09. The van der Waals surface area contributed by atoms with Gasteiger partial charge in [0.1, 0.15) is 17.2 Å². The van der Waals surface area contributed by atoms with E-state index in [9.17, 15) is 13.4 Å². The third-order valence-electron chi connectivity index (χ3n) is 4.61. The van der Waals surface area contributed by atoms with Gasteiger partial charge in [-0.05, 0) is 36.4 Å². The van der Waals surface area contributed by atoms with Crippen molar-refractivity contribution in [3.8, 4) is 17.1 Å². The minimum atomic E-state index is -1.09. The lowest BCUT2D eigenvalue weighted by molar-refractivity contribution is 0.101. The fourth-order valence-corrected chi connectivity index (χ4v) is 5.21. The Morgan fingerprint density at radius 3 is 2.73 bits per heavy atom. The van der Waals surface area contributed by atoms with Gasteiger partial charge in [0.25, 0.3) is 5.91 Å². The van der Waals surface area contributed by atoms with Gasteiger partial charge in [0.2, 0.25) is 0 Å². The topological polar surface area (TPSA) is 89.8 Å². The summed E-state index contributed by atoms with van der Waals surface area (Å²) in [4.78, 5) is 21.9. The van der Waals surface area contributed by atoms with Gasteiger partial charge in [-0.2, -0.15) is 5.10 Å². The number of aromatic nitrogens is 4. The number of benzene rings is 1. The molecule has 7 nitrogen and oxygen atoms in total. The van der Waals surface area contributed by atoms with Gasteiger partial charge in [0, 0.05) is 27.9 Å². The van der Waals surface area contributed by atoms with Gasteiger partial charge in [-0.25, -0.2) is 14.1 Å². The van der Waals surface area contributed by atoms with Crippen molar-refractivity contribution in [2.24, 2.45) is 0 Å². The van der Waals surface area contributed by atoms with Crippen molar-refractivity contribution >= 4 is 33.2 Å². The molecule has 1 unspecified atom stereocenters. The van der Waals surface area contributed by atoms with Gasteiger partial charge in [-0.15, -0.1) is 11.3 Å². The second-order valence-corrected chi connectivity index (χ2v) is 8.91. The zero-order chi connectivity index (χ0) is 20.7. The molecule has 10 heteroatoms. The molecule has 1 aliphatic rings. The molecular weight excluding hydrogens is 425 g/mol. The highest BCUT2D eigenvalue weighted by molar-refractivity contribution is 7.83. The van der Waals surface area contributed by atoms with Crippen molar-refractivity contribution in [1.29, 1.82) is 0 Å². The standard InChI is InChI=1S/C20H14FN5O2S2/c21-12-4-6-13(7-5-12)26-18(14-10-30(28)11-17(14)25-26)19(27)24-20-23-16(9-29-20)15-3-1-2-8-22-15/h1-9H,10-11H2,(H,23,24,27). The van der Waals surface area contributed by atoms with Crippen LogP contribution in [0.5, 0.6) is 0 Å². The molecule has 0 radical (unpaired) electrons. The van der Waals surface area contributed by atoms with Crippen LogP contribution in [0.4, 0.5) is 9.52 Å². The summed E-state index contributed by atoms with van der Waals surface area (Å²) >= 11 is 1.29. The molecule has 0 saturated heterocycles. The molecule has 1 aliphatic heterocycles. The van der Waals surface area contributed by atoms with Crippen molar-refractivity contribution in [2.45, 2.75) is 11.5 Å². The van der Waals surface area contributed by atoms with E-state index in [1.54, 1.807) is 18.3 Å². The lowest BCUT2D eigenvalue weighted by Gasteiger charge is -2.09. The summed E-state index contributed by atoms with van der Waals surface area (Å²) in [5.41, 5.74) is 3.48. The Bertz CT molecular complexity index is 1270. The highest BCUT2D eigenvalue weighted by atomic mass is 32.2. The normalized spacial score (nSPS) is 15.2. The molecule has 1 atom stereocenters. The van der Waals surface area contributed by atoms with Crippen LogP contribution < -0.4 is 5.32 Å². The average Bonchev–Trinajstić information content (AvgIpc) is 3.43. The molecule has 1 amide bonds. The molecule has 1 aromatic carbocycles. The predicted octanol–water partition coefficient (Wildman–Crippen LogP) is 3.54. The van der Waals surface area contributed by atoms with Gasteiger partial charge < -0.3 is 0 Å². The maximum atomic E-state index is 13.3. The second kappa shape index (κ2) is 7.54. The number of halogens is 1. The molecule has 4 aromatic rings. The van der Waals surface area contributed by atoms with E-state index in [0.29, 0.717) is 39.2 Å². The molecule has 3 aromatic heterocycles. The van der Waals surface area contributed by atoms with Crippen LogP contribution in [0.1, 0.15) is 21.7 Å². The highest BCUT2D eigenvalue weighted by Gasteiger charge is 2.31. The fourth-order valence-electron chi connectivity index (χ4n) is 3.25. The number of nitrogens with zero attached hydrogens (tertiary/aromatic N) is 4. The van der Waals surface area contributed by atoms with Crippen molar-refractivity contribution in [3.05, 3.63) is 76.8 Å². The van der Waals surface area contributed by atoms with E-state index in [2.05, 4.69) is 20.4 Å². The van der Waals surface area contributed by atoms with E-state index >= 15 is 0 Å². The predicted molar refractivity (Wildman–Crippen MR) is 112 cm³/mol. The molecule has 1 N–H and O–H groups in total. The zero-order valence-corrected chi connectivity index (χ0v) is 17.0. The monoisotopic (exact) mass is 439 g/mol. The third-order valence-corrected chi connectivity index (χ3v) is 6.57. The van der Waals surface area contributed by atoms with E-state index in [-0.39, 0.29) is 17.3 Å². The summed E-state index contributed by atoms with van der Waals surface area (Å²) in [6, 6.07) is 11.2. The third kappa shape index (κ3) is 3.44. The molecule has 0 saturated carbocycles. The lowest BCUT2D eigenvalue weighted by Crippen LogP contribution is -2.19. The number of carbonyl (C=O) groups excluding carboxylic acids is 1. The van der Waals surface area contributed by atoms with E-state index in [1.165, 1.54) is 28.2 Å². The number of anilines is 1. The summed E-state index contributed by atoms with van der Waals surface area (Å²) < 4.78 is 26.8. The maximum absolute atomic E-state index is 13.3. The van der Waals surface area contributed by atoms with Crippen LogP contribution in [-0.4, -0.2) is 29.9 Å². The van der Waals surface area contributed by atoms with Crippen molar-refractivity contribution in [2.75, 3.05) is 5.32 Å². The molecule has 0 spiro atoms. The van der Waals surface area contributed by atoms with Gasteiger partial charge in [0.15, 0.2) is 5.13 Å². The molecule has 150 valence electrons. The van der Waals surface area contributed by atoms with Gasteiger partial charge in [-0.1, -0.05) is 6.07 Å². The lowest BCUT2D eigenvalue weighted by atomic mass is 10.2. The van der Waals surface area contributed by atoms with Crippen LogP contribution in [0.3, 0.4) is 0 Å². The fraction of sp³-hybridized carbons (Fsp3) is 0.100. The summed E-state index contributed by atoms with van der Waals surface area (Å²) in [5.74, 6) is -0.231. The first-order valence-electron chi connectivity index (χ1n) is 8.98. The van der Waals surface area contributed by atoms with Crippen LogP contribution in [0.2, 0.25) is 0 Å². The van der Waals surface area contributed by atoms with E-state index in [4.69, 9.17) is 0 Å². The van der Waals surface area contributed by atoms with Crippen LogP contribution in [-0.2, 0) is 22.3 Å². The number of fused-ring (bicyclic) bond motifs is 1. The Kier molecular flexibility index (Phi) is 4.72. The van der Waals surface area contributed by atoms with Crippen LogP contribution >= 0.6 is 11.3 Å². The largest absolute Gasteiger partial charge is 0.296 e. The Labute approximate surface area is 177 Å². The molecule has 0 bridgehead atoms. The number of thiazole rings is 1. The van der Waals surface area contributed by atoms with Gasteiger partial charge in [-0.3, -0.25) is 19.3 Å². The Morgan fingerprint density at radius 1 is 1.13 bits per heavy atom. The summed E-state index contributed by atoms with van der Waals surface area (Å²) in [6.07, 6.45) is 1.68. The van der Waals surface area contributed by atoms with Gasteiger partial charge in [0.05, 0.1) is 28.6 Å². The van der Waals surface area contributed by atoms with Crippen molar-refractivity contribution < 1.29 is 13.4 Å². The smallest absolute Gasteiger partial charge is 0.276 e. The van der Waals surface area contributed by atoms with Crippen LogP contribution in [0.25, 0.3) is 17.1 Å². The zero-order valence-electron chi connectivity index (χ0n) is 15.4. The van der Waals surface area contributed by atoms with E-state index in [1.807, 2.05) is 23.6 Å². The SMILES string of the molecule is O=C(Nc1nc(-c2ccccn2)cs1)c1c2c(nn1-c1ccc(F)cc1)CS(=O)C2. The van der Waals surface area contributed by atoms with Crippen LogP contribution in [0.15, 0.2) is 54.0 Å². The Balaban J connectivity index is 1.49. The maximum Gasteiger partial charge on any atom is 0.276 e. The molecule has 0 aliphatic carbocycles. The molecule has 0 fully saturated rings. The first kappa shape index (κ1) is 18.8. The second-order valence-electron chi connectivity index (χ2n) is 6.60. The Morgan fingerprint density at radius 2 is 1.97 bits per heavy atom. The molecule has 30 heavy (non-hydrogen) atoms. The van der Waals surface area contributed by atoms with E-state index < -0.39 is 16.7 Å². The minimum Gasteiger partial charge on any atom is -0.296 e. The summed E-state index contributed by atoms with van der Waals surface area (Å²) in [5, 5.41) is 9.51. The number of amides is 1. The summed E-state index contributed by atoms with van der Waals surface area (Å²) in [6.45, 7) is 0. The quantitative estimate of drug-likeness (QED) is 0.525. The van der Waals surface area contributed by atoms with Crippen molar-refractivity contribution in [3.63, 3.8) is 0 Å². The highest BCUT2D eigenvalue weighted by Crippen LogP contribution is 2.29. The first-order chi connectivity index (χ1) is 14.6. The van der Waals surface area contributed by atoms with Crippen molar-refractivity contribution in [1.82, 2.24) is 19.7 Å². The number of carbonyl (C=O) groups is 1. The molecular formula is C20H14FN5O2S2. The number of hydrogen-bond acceptors (Lipinski definition) is 6. The Hall–Kier alpha value is -3.24. The molecule has 4 heterocycles. The average molecular weight is 439 g/mol.